The van der Waals surface area contributed by atoms with E-state index < -0.39 is 0 Å². The van der Waals surface area contributed by atoms with Crippen molar-refractivity contribution in [1.82, 2.24) is 9.55 Å². The number of nitrogens with zero attached hydrogens (tertiary/aromatic N) is 2. The highest BCUT2D eigenvalue weighted by Crippen LogP contribution is 2.30. The summed E-state index contributed by atoms with van der Waals surface area (Å²) in [6.45, 7) is 5.71. The lowest BCUT2D eigenvalue weighted by Crippen LogP contribution is -2.07. The highest BCUT2D eigenvalue weighted by atomic mass is 35.5. The Balaban J connectivity index is 0.00000225. The summed E-state index contributed by atoms with van der Waals surface area (Å²) in [5.74, 6) is 0.630. The number of aromatic nitrogens is 2. The molecule has 2 heterocycles. The first kappa shape index (κ1) is 19.9. The van der Waals surface area contributed by atoms with Crippen LogP contribution in [-0.2, 0) is 13.1 Å². The van der Waals surface area contributed by atoms with E-state index in [1.54, 1.807) is 12.1 Å². The molecular formula is C23H23ClFN3. The van der Waals surface area contributed by atoms with Gasteiger partial charge in [0.05, 0.1) is 5.52 Å². The summed E-state index contributed by atoms with van der Waals surface area (Å²) in [4.78, 5) is 4.59. The van der Waals surface area contributed by atoms with Gasteiger partial charge in [-0.3, -0.25) is 0 Å². The van der Waals surface area contributed by atoms with Crippen molar-refractivity contribution in [2.75, 3.05) is 5.32 Å². The van der Waals surface area contributed by atoms with Crippen molar-refractivity contribution in [1.29, 1.82) is 0 Å². The van der Waals surface area contributed by atoms with Gasteiger partial charge in [-0.05, 0) is 48.7 Å². The minimum atomic E-state index is -0.220. The second-order valence-corrected chi connectivity index (χ2v) is 6.82. The van der Waals surface area contributed by atoms with Crippen molar-refractivity contribution in [2.24, 2.45) is 0 Å². The van der Waals surface area contributed by atoms with E-state index in [2.05, 4.69) is 59.0 Å². The first-order valence-corrected chi connectivity index (χ1v) is 9.10. The number of fused-ring (bicyclic) bond motifs is 1. The highest BCUT2D eigenvalue weighted by molar-refractivity contribution is 5.93. The van der Waals surface area contributed by atoms with E-state index in [1.165, 1.54) is 34.3 Å². The fourth-order valence-corrected chi connectivity index (χ4v) is 3.48. The SMILES string of the molecule is Cc1c(C)n(Cc2ccccc2)c2c(NCc3ccc(F)cc3)nccc12.Cl. The Labute approximate surface area is 170 Å². The Morgan fingerprint density at radius 1 is 0.929 bits per heavy atom. The lowest BCUT2D eigenvalue weighted by molar-refractivity contribution is 0.627. The summed E-state index contributed by atoms with van der Waals surface area (Å²) in [5, 5.41) is 4.64. The molecular weight excluding hydrogens is 373 g/mol. The van der Waals surface area contributed by atoms with Gasteiger partial charge in [0.25, 0.3) is 0 Å². The fraction of sp³-hybridized carbons (Fsp3) is 0.174. The quantitative estimate of drug-likeness (QED) is 0.457. The monoisotopic (exact) mass is 395 g/mol. The molecule has 0 radical (unpaired) electrons. The summed E-state index contributed by atoms with van der Waals surface area (Å²) >= 11 is 0. The van der Waals surface area contributed by atoms with E-state index >= 15 is 0 Å². The average molecular weight is 396 g/mol. The lowest BCUT2D eigenvalue weighted by Gasteiger charge is -2.13. The predicted octanol–water partition coefficient (Wildman–Crippen LogP) is 5.87. The van der Waals surface area contributed by atoms with Crippen LogP contribution in [0.4, 0.5) is 10.2 Å². The molecule has 0 saturated carbocycles. The molecule has 0 saturated heterocycles. The lowest BCUT2D eigenvalue weighted by atomic mass is 10.2. The first-order valence-electron chi connectivity index (χ1n) is 9.10. The van der Waals surface area contributed by atoms with Crippen LogP contribution in [0.5, 0.6) is 0 Å². The molecule has 2 aromatic carbocycles. The summed E-state index contributed by atoms with van der Waals surface area (Å²) in [5.41, 5.74) is 5.90. The van der Waals surface area contributed by atoms with Gasteiger partial charge in [0.15, 0.2) is 5.82 Å². The third-order valence-electron chi connectivity index (χ3n) is 5.10. The van der Waals surface area contributed by atoms with Crippen LogP contribution in [0, 0.1) is 19.7 Å². The van der Waals surface area contributed by atoms with Crippen LogP contribution >= 0.6 is 12.4 Å². The van der Waals surface area contributed by atoms with Crippen LogP contribution < -0.4 is 5.32 Å². The smallest absolute Gasteiger partial charge is 0.150 e. The third kappa shape index (κ3) is 3.87. The molecule has 3 nitrogen and oxygen atoms in total. The zero-order valence-electron chi connectivity index (χ0n) is 15.9. The van der Waals surface area contributed by atoms with E-state index in [0.29, 0.717) is 6.54 Å². The summed E-state index contributed by atoms with van der Waals surface area (Å²) < 4.78 is 15.4. The number of hydrogen-bond acceptors (Lipinski definition) is 2. The zero-order chi connectivity index (χ0) is 18.8. The molecule has 0 unspecified atom stereocenters. The van der Waals surface area contributed by atoms with E-state index in [-0.39, 0.29) is 18.2 Å². The van der Waals surface area contributed by atoms with Crippen LogP contribution in [0.15, 0.2) is 66.9 Å². The van der Waals surface area contributed by atoms with Crippen LogP contribution in [0.25, 0.3) is 10.9 Å². The van der Waals surface area contributed by atoms with Crippen molar-refractivity contribution in [3.63, 3.8) is 0 Å². The van der Waals surface area contributed by atoms with Gasteiger partial charge in [0, 0.05) is 30.4 Å². The summed E-state index contributed by atoms with van der Waals surface area (Å²) in [6, 6.07) is 19.1. The zero-order valence-corrected chi connectivity index (χ0v) is 16.8. The molecule has 5 heteroatoms. The summed E-state index contributed by atoms with van der Waals surface area (Å²) in [7, 11) is 0. The molecule has 144 valence electrons. The highest BCUT2D eigenvalue weighted by Gasteiger charge is 2.15. The molecule has 28 heavy (non-hydrogen) atoms. The maximum atomic E-state index is 13.1. The summed E-state index contributed by atoms with van der Waals surface area (Å²) in [6.07, 6.45) is 1.84. The molecule has 0 aliphatic carbocycles. The Hall–Kier alpha value is -2.85. The van der Waals surface area contributed by atoms with Crippen molar-refractivity contribution >= 4 is 29.1 Å². The molecule has 0 amide bonds. The number of halogens is 2. The number of hydrogen-bond donors (Lipinski definition) is 1. The van der Waals surface area contributed by atoms with Gasteiger partial charge in [-0.2, -0.15) is 0 Å². The van der Waals surface area contributed by atoms with E-state index in [4.69, 9.17) is 0 Å². The van der Waals surface area contributed by atoms with Crippen molar-refractivity contribution < 1.29 is 4.39 Å². The van der Waals surface area contributed by atoms with Gasteiger partial charge in [0.1, 0.15) is 5.82 Å². The molecule has 0 spiro atoms. The maximum absolute atomic E-state index is 13.1. The second-order valence-electron chi connectivity index (χ2n) is 6.82. The normalized spacial score (nSPS) is 10.7. The molecule has 0 aliphatic heterocycles. The van der Waals surface area contributed by atoms with E-state index in [0.717, 1.165) is 23.4 Å². The van der Waals surface area contributed by atoms with Gasteiger partial charge < -0.3 is 9.88 Å². The van der Waals surface area contributed by atoms with E-state index in [1.807, 2.05) is 12.3 Å². The first-order chi connectivity index (χ1) is 13.1. The number of aryl methyl sites for hydroxylation is 1. The molecule has 0 fully saturated rings. The average Bonchev–Trinajstić information content (AvgIpc) is 2.94. The Bertz CT molecular complexity index is 1070. The molecule has 0 aliphatic rings. The van der Waals surface area contributed by atoms with Gasteiger partial charge in [-0.1, -0.05) is 42.5 Å². The van der Waals surface area contributed by atoms with Gasteiger partial charge in [0.2, 0.25) is 0 Å². The Morgan fingerprint density at radius 3 is 2.36 bits per heavy atom. The van der Waals surface area contributed by atoms with Crippen molar-refractivity contribution in [2.45, 2.75) is 26.9 Å². The number of nitrogens with one attached hydrogen (secondary N) is 1. The predicted molar refractivity (Wildman–Crippen MR) is 116 cm³/mol. The molecule has 4 aromatic rings. The standard InChI is InChI=1S/C23H22FN3.ClH/c1-16-17(2)27(15-19-6-4-3-5-7-19)22-21(16)12-13-25-23(22)26-14-18-8-10-20(24)11-9-18;/h3-13H,14-15H2,1-2H3,(H,25,26);1H. The molecule has 2 aromatic heterocycles. The van der Waals surface area contributed by atoms with Crippen LogP contribution in [0.1, 0.15) is 22.4 Å². The maximum Gasteiger partial charge on any atom is 0.150 e. The van der Waals surface area contributed by atoms with Gasteiger partial charge in [-0.15, -0.1) is 12.4 Å². The molecule has 0 atom stereocenters. The minimum absolute atomic E-state index is 0. The molecule has 4 rings (SSSR count). The number of anilines is 1. The second kappa shape index (κ2) is 8.44. The number of pyridine rings is 1. The largest absolute Gasteiger partial charge is 0.364 e. The fourth-order valence-electron chi connectivity index (χ4n) is 3.48. The Morgan fingerprint density at radius 2 is 1.64 bits per heavy atom. The Kier molecular flexibility index (Phi) is 6.00. The molecule has 1 N–H and O–H groups in total. The van der Waals surface area contributed by atoms with Gasteiger partial charge >= 0.3 is 0 Å². The molecule has 0 bridgehead atoms. The van der Waals surface area contributed by atoms with Crippen LogP contribution in [-0.4, -0.2) is 9.55 Å². The van der Waals surface area contributed by atoms with Crippen LogP contribution in [0.3, 0.4) is 0 Å². The number of benzene rings is 2. The number of rotatable bonds is 5. The van der Waals surface area contributed by atoms with Crippen LogP contribution in [0.2, 0.25) is 0 Å². The van der Waals surface area contributed by atoms with Crippen molar-refractivity contribution in [3.05, 3.63) is 95.1 Å². The van der Waals surface area contributed by atoms with E-state index in [9.17, 15) is 4.39 Å². The topological polar surface area (TPSA) is 29.9 Å². The third-order valence-corrected chi connectivity index (χ3v) is 5.10. The minimum Gasteiger partial charge on any atom is -0.364 e. The van der Waals surface area contributed by atoms with Gasteiger partial charge in [-0.25, -0.2) is 9.37 Å². The van der Waals surface area contributed by atoms with Crippen molar-refractivity contribution in [3.8, 4) is 0 Å².